The summed E-state index contributed by atoms with van der Waals surface area (Å²) < 4.78 is 27.0. The quantitative estimate of drug-likeness (QED) is 0.787. The van der Waals surface area contributed by atoms with Gasteiger partial charge in [0.25, 0.3) is 0 Å². The number of nitrogens with one attached hydrogen (secondary N) is 1. The minimum Gasteiger partial charge on any atom is -0.326 e. The van der Waals surface area contributed by atoms with E-state index in [0.29, 0.717) is 22.4 Å². The minimum absolute atomic E-state index is 0.0146. The van der Waals surface area contributed by atoms with Gasteiger partial charge in [0.2, 0.25) is 10.0 Å². The molecule has 0 radical (unpaired) electrons. The third kappa shape index (κ3) is 4.51. The third-order valence-corrected chi connectivity index (χ3v) is 6.33. The Morgan fingerprint density at radius 2 is 2.05 bits per heavy atom. The summed E-state index contributed by atoms with van der Waals surface area (Å²) in [5, 5.41) is 0.843. The van der Waals surface area contributed by atoms with Gasteiger partial charge < -0.3 is 5.73 Å². The molecule has 114 valence electrons. The van der Waals surface area contributed by atoms with Crippen LogP contribution in [0.25, 0.3) is 0 Å². The van der Waals surface area contributed by atoms with Gasteiger partial charge in [0, 0.05) is 28.9 Å². The first-order chi connectivity index (χ1) is 9.33. The summed E-state index contributed by atoms with van der Waals surface area (Å²) in [4.78, 5) is 0.0146. The Hall–Kier alpha value is 0.0200. The van der Waals surface area contributed by atoms with Crippen molar-refractivity contribution in [3.05, 3.63) is 27.7 Å². The van der Waals surface area contributed by atoms with E-state index >= 15 is 0 Å². The van der Waals surface area contributed by atoms with E-state index in [9.17, 15) is 8.42 Å². The summed E-state index contributed by atoms with van der Waals surface area (Å²) in [6.45, 7) is 2.49. The van der Waals surface area contributed by atoms with Crippen molar-refractivity contribution >= 4 is 45.0 Å². The molecule has 0 aliphatic heterocycles. The molecular weight excluding hydrogens is 339 g/mol. The molecule has 1 aromatic carbocycles. The van der Waals surface area contributed by atoms with Gasteiger partial charge in [-0.3, -0.25) is 0 Å². The third-order valence-electron chi connectivity index (χ3n) is 2.89. The monoisotopic (exact) mass is 356 g/mol. The predicted octanol–water partition coefficient (Wildman–Crippen LogP) is 2.87. The van der Waals surface area contributed by atoms with Gasteiger partial charge in [-0.05, 0) is 24.8 Å². The molecule has 0 spiro atoms. The van der Waals surface area contributed by atoms with E-state index in [0.717, 1.165) is 6.42 Å². The van der Waals surface area contributed by atoms with Crippen molar-refractivity contribution in [1.29, 1.82) is 0 Å². The topological polar surface area (TPSA) is 72.2 Å². The van der Waals surface area contributed by atoms with Crippen LogP contribution in [0.5, 0.6) is 0 Å². The van der Waals surface area contributed by atoms with Crippen molar-refractivity contribution in [2.24, 2.45) is 5.73 Å². The lowest BCUT2D eigenvalue weighted by Crippen LogP contribution is -2.26. The van der Waals surface area contributed by atoms with Gasteiger partial charge in [-0.15, -0.1) is 0 Å². The Labute approximate surface area is 134 Å². The molecular formula is C12H18Cl2N2O2S2. The van der Waals surface area contributed by atoms with Crippen LogP contribution in [0.4, 0.5) is 0 Å². The number of benzene rings is 1. The van der Waals surface area contributed by atoms with Crippen molar-refractivity contribution in [3.8, 4) is 0 Å². The van der Waals surface area contributed by atoms with E-state index in [1.165, 1.54) is 12.1 Å². The number of rotatable bonds is 7. The molecule has 1 atom stereocenters. The van der Waals surface area contributed by atoms with Crippen molar-refractivity contribution in [1.82, 2.24) is 4.72 Å². The van der Waals surface area contributed by atoms with Crippen LogP contribution in [0.3, 0.4) is 0 Å². The van der Waals surface area contributed by atoms with Gasteiger partial charge in [-0.1, -0.05) is 30.1 Å². The summed E-state index contributed by atoms with van der Waals surface area (Å²) >= 11 is 13.7. The maximum Gasteiger partial charge on any atom is 0.242 e. The highest BCUT2D eigenvalue weighted by Crippen LogP contribution is 2.30. The Kier molecular flexibility index (Phi) is 7.11. The fourth-order valence-electron chi connectivity index (χ4n) is 1.56. The number of hydrogen-bond acceptors (Lipinski definition) is 4. The van der Waals surface area contributed by atoms with Gasteiger partial charge in [-0.25, -0.2) is 13.1 Å². The summed E-state index contributed by atoms with van der Waals surface area (Å²) in [5.74, 6) is 0. The molecule has 3 N–H and O–H groups in total. The normalized spacial score (nSPS) is 13.4. The second kappa shape index (κ2) is 7.87. The second-order valence-electron chi connectivity index (χ2n) is 4.27. The number of hydrogen-bond donors (Lipinski definition) is 2. The van der Waals surface area contributed by atoms with E-state index in [1.807, 2.05) is 13.2 Å². The lowest BCUT2D eigenvalue weighted by molar-refractivity contribution is 0.579. The Morgan fingerprint density at radius 1 is 1.40 bits per heavy atom. The van der Waals surface area contributed by atoms with Gasteiger partial charge in [0.05, 0.1) is 5.02 Å². The molecule has 0 fully saturated rings. The van der Waals surface area contributed by atoms with Crippen LogP contribution in [0.2, 0.25) is 10.0 Å². The number of halogens is 2. The maximum absolute atomic E-state index is 12.2. The van der Waals surface area contributed by atoms with Crippen LogP contribution in [0, 0.1) is 0 Å². The van der Waals surface area contributed by atoms with Crippen molar-refractivity contribution < 1.29 is 8.42 Å². The molecule has 1 unspecified atom stereocenters. The van der Waals surface area contributed by atoms with Crippen LogP contribution in [-0.4, -0.2) is 26.5 Å². The minimum atomic E-state index is -3.65. The number of thioether (sulfide) groups is 1. The highest BCUT2D eigenvalue weighted by molar-refractivity contribution is 7.99. The summed E-state index contributed by atoms with van der Waals surface area (Å²) in [5.41, 5.74) is 5.97. The van der Waals surface area contributed by atoms with Crippen molar-refractivity contribution in [2.45, 2.75) is 30.0 Å². The van der Waals surface area contributed by atoms with E-state index in [2.05, 4.69) is 4.72 Å². The first-order valence-corrected chi connectivity index (χ1v) is 9.55. The molecule has 1 aromatic rings. The van der Waals surface area contributed by atoms with Gasteiger partial charge in [0.1, 0.15) is 4.90 Å². The highest BCUT2D eigenvalue weighted by atomic mass is 35.5. The fraction of sp³-hybridized carbons (Fsp3) is 0.500. The number of sulfonamides is 1. The van der Waals surface area contributed by atoms with E-state index in [-0.39, 0.29) is 16.5 Å². The SMILES string of the molecule is CSC(C)CCNS(=O)(=O)c1ccc(Cl)c(CN)c1Cl. The molecule has 0 heterocycles. The molecule has 8 heteroatoms. The molecule has 0 amide bonds. The van der Waals surface area contributed by atoms with Gasteiger partial charge in [-0.2, -0.15) is 11.8 Å². The number of nitrogens with two attached hydrogens (primary N) is 1. The van der Waals surface area contributed by atoms with E-state index in [4.69, 9.17) is 28.9 Å². The molecule has 1 rings (SSSR count). The summed E-state index contributed by atoms with van der Waals surface area (Å²) in [7, 11) is -3.65. The molecule has 0 aliphatic rings. The standard InChI is InChI=1S/C12H18Cl2N2O2S2/c1-8(19-2)5-6-16-20(17,18)11-4-3-10(13)9(7-15)12(11)14/h3-4,8,16H,5-7,15H2,1-2H3. The fourth-order valence-corrected chi connectivity index (χ4v) is 3.89. The maximum atomic E-state index is 12.2. The summed E-state index contributed by atoms with van der Waals surface area (Å²) in [6, 6.07) is 2.89. The Bertz CT molecular complexity index is 565. The molecule has 0 saturated heterocycles. The van der Waals surface area contributed by atoms with Crippen LogP contribution in [-0.2, 0) is 16.6 Å². The van der Waals surface area contributed by atoms with Gasteiger partial charge in [0.15, 0.2) is 0 Å². The zero-order valence-corrected chi connectivity index (χ0v) is 14.5. The van der Waals surface area contributed by atoms with Crippen LogP contribution in [0.1, 0.15) is 18.9 Å². The highest BCUT2D eigenvalue weighted by Gasteiger charge is 2.21. The van der Waals surface area contributed by atoms with Crippen molar-refractivity contribution in [3.63, 3.8) is 0 Å². The Balaban J connectivity index is 2.93. The van der Waals surface area contributed by atoms with Crippen molar-refractivity contribution in [2.75, 3.05) is 12.8 Å². The van der Waals surface area contributed by atoms with Crippen LogP contribution in [0.15, 0.2) is 17.0 Å². The second-order valence-corrected chi connectivity index (χ2v) is 8.07. The zero-order valence-electron chi connectivity index (χ0n) is 11.3. The van der Waals surface area contributed by atoms with Crippen LogP contribution >= 0.6 is 35.0 Å². The average Bonchev–Trinajstić information content (AvgIpc) is 2.38. The van der Waals surface area contributed by atoms with Crippen LogP contribution < -0.4 is 10.5 Å². The molecule has 0 bridgehead atoms. The molecule has 0 aromatic heterocycles. The van der Waals surface area contributed by atoms with E-state index in [1.54, 1.807) is 11.8 Å². The molecule has 0 aliphatic carbocycles. The predicted molar refractivity (Wildman–Crippen MR) is 87.1 cm³/mol. The van der Waals surface area contributed by atoms with Gasteiger partial charge >= 0.3 is 0 Å². The first kappa shape index (κ1) is 18.1. The summed E-state index contributed by atoms with van der Waals surface area (Å²) in [6.07, 6.45) is 2.73. The largest absolute Gasteiger partial charge is 0.326 e. The average molecular weight is 357 g/mol. The smallest absolute Gasteiger partial charge is 0.242 e. The lowest BCUT2D eigenvalue weighted by atomic mass is 10.2. The molecule has 0 saturated carbocycles. The van der Waals surface area contributed by atoms with E-state index < -0.39 is 10.0 Å². The molecule has 20 heavy (non-hydrogen) atoms. The molecule has 4 nitrogen and oxygen atoms in total. The zero-order chi connectivity index (χ0) is 15.3. The Morgan fingerprint density at radius 3 is 2.60 bits per heavy atom. The lowest BCUT2D eigenvalue weighted by Gasteiger charge is -2.13. The first-order valence-electron chi connectivity index (χ1n) is 6.03.